The van der Waals surface area contributed by atoms with Gasteiger partial charge in [-0.2, -0.15) is 0 Å². The molecule has 0 bridgehead atoms. The first-order valence-corrected chi connectivity index (χ1v) is 7.63. The van der Waals surface area contributed by atoms with Crippen LogP contribution in [0.15, 0.2) is 48.5 Å². The second-order valence-corrected chi connectivity index (χ2v) is 5.30. The molecule has 1 amide bonds. The van der Waals surface area contributed by atoms with Crippen molar-refractivity contribution in [2.75, 3.05) is 20.2 Å². The lowest BCUT2D eigenvalue weighted by atomic mass is 10.1. The van der Waals surface area contributed by atoms with Crippen LogP contribution in [0.4, 0.5) is 0 Å². The largest absolute Gasteiger partial charge is 0.496 e. The number of carbonyl (C=O) groups excluding carboxylic acids is 1. The highest BCUT2D eigenvalue weighted by molar-refractivity contribution is 5.94. The number of rotatable bonds is 6. The predicted octanol–water partition coefficient (Wildman–Crippen LogP) is 3.71. The summed E-state index contributed by atoms with van der Waals surface area (Å²) >= 11 is 0. The summed E-state index contributed by atoms with van der Waals surface area (Å²) in [7, 11) is 1.63. The number of hydrogen-bond donors (Lipinski definition) is 0. The van der Waals surface area contributed by atoms with Crippen molar-refractivity contribution in [2.24, 2.45) is 0 Å². The summed E-state index contributed by atoms with van der Waals surface area (Å²) in [4.78, 5) is 14.5. The maximum Gasteiger partial charge on any atom is 0.253 e. The Hall–Kier alpha value is -2.29. The van der Waals surface area contributed by atoms with E-state index in [9.17, 15) is 4.79 Å². The minimum atomic E-state index is 0.0525. The van der Waals surface area contributed by atoms with Crippen molar-refractivity contribution in [1.29, 1.82) is 0 Å². The molecule has 0 heterocycles. The molecule has 22 heavy (non-hydrogen) atoms. The van der Waals surface area contributed by atoms with Crippen LogP contribution in [0.5, 0.6) is 5.75 Å². The lowest BCUT2D eigenvalue weighted by molar-refractivity contribution is 0.0766. The van der Waals surface area contributed by atoms with Crippen molar-refractivity contribution in [3.05, 3.63) is 65.2 Å². The summed E-state index contributed by atoms with van der Waals surface area (Å²) in [6.07, 6.45) is 0.865. The number of carbonyl (C=O) groups is 1. The molecule has 116 valence electrons. The van der Waals surface area contributed by atoms with Crippen molar-refractivity contribution in [1.82, 2.24) is 4.90 Å². The highest BCUT2D eigenvalue weighted by Gasteiger charge is 2.15. The summed E-state index contributed by atoms with van der Waals surface area (Å²) in [6.45, 7) is 5.39. The minimum absolute atomic E-state index is 0.0525. The Morgan fingerprint density at radius 3 is 2.50 bits per heavy atom. The number of benzene rings is 2. The fraction of sp³-hybridized carbons (Fsp3) is 0.316. The molecule has 2 rings (SSSR count). The van der Waals surface area contributed by atoms with Gasteiger partial charge in [0.25, 0.3) is 5.91 Å². The van der Waals surface area contributed by atoms with Gasteiger partial charge in [0, 0.05) is 18.7 Å². The van der Waals surface area contributed by atoms with Gasteiger partial charge in [-0.1, -0.05) is 36.4 Å². The van der Waals surface area contributed by atoms with Crippen LogP contribution in [-0.4, -0.2) is 31.0 Å². The minimum Gasteiger partial charge on any atom is -0.496 e. The number of hydrogen-bond acceptors (Lipinski definition) is 2. The van der Waals surface area contributed by atoms with Gasteiger partial charge in [-0.05, 0) is 43.5 Å². The third-order valence-corrected chi connectivity index (χ3v) is 3.84. The standard InChI is InChI=1S/C19H23NO2/c1-4-20(13-12-16-8-6-5-7-9-16)19(21)17-11-10-15(2)18(14-17)22-3/h5-11,14H,4,12-13H2,1-3H3. The van der Waals surface area contributed by atoms with Gasteiger partial charge in [0.2, 0.25) is 0 Å². The van der Waals surface area contributed by atoms with Crippen LogP contribution < -0.4 is 4.74 Å². The van der Waals surface area contributed by atoms with Gasteiger partial charge in [-0.3, -0.25) is 4.79 Å². The molecule has 0 unspecified atom stereocenters. The molecule has 0 spiro atoms. The summed E-state index contributed by atoms with van der Waals surface area (Å²) in [5.74, 6) is 0.807. The van der Waals surface area contributed by atoms with Crippen LogP contribution in [0.25, 0.3) is 0 Å². The molecule has 0 saturated heterocycles. The van der Waals surface area contributed by atoms with E-state index in [1.807, 2.05) is 55.1 Å². The van der Waals surface area contributed by atoms with E-state index in [0.717, 1.165) is 24.3 Å². The van der Waals surface area contributed by atoms with Crippen molar-refractivity contribution in [3.63, 3.8) is 0 Å². The van der Waals surface area contributed by atoms with Crippen molar-refractivity contribution >= 4 is 5.91 Å². The number of nitrogens with zero attached hydrogens (tertiary/aromatic N) is 1. The zero-order valence-electron chi connectivity index (χ0n) is 13.5. The van der Waals surface area contributed by atoms with Gasteiger partial charge < -0.3 is 9.64 Å². The topological polar surface area (TPSA) is 29.5 Å². The normalized spacial score (nSPS) is 10.3. The molecule has 3 nitrogen and oxygen atoms in total. The average molecular weight is 297 g/mol. The van der Waals surface area contributed by atoms with E-state index in [-0.39, 0.29) is 5.91 Å². The zero-order chi connectivity index (χ0) is 15.9. The monoisotopic (exact) mass is 297 g/mol. The Kier molecular flexibility index (Phi) is 5.59. The van der Waals surface area contributed by atoms with Crippen LogP contribution in [0, 0.1) is 6.92 Å². The first kappa shape index (κ1) is 16.1. The van der Waals surface area contributed by atoms with Crippen LogP contribution in [-0.2, 0) is 6.42 Å². The molecule has 0 saturated carbocycles. The smallest absolute Gasteiger partial charge is 0.253 e. The van der Waals surface area contributed by atoms with Crippen LogP contribution in [0.3, 0.4) is 0 Å². The average Bonchev–Trinajstić information content (AvgIpc) is 2.56. The SMILES string of the molecule is CCN(CCc1ccccc1)C(=O)c1ccc(C)c(OC)c1. The van der Waals surface area contributed by atoms with Crippen molar-refractivity contribution in [3.8, 4) is 5.75 Å². The highest BCUT2D eigenvalue weighted by Crippen LogP contribution is 2.20. The molecule has 3 heteroatoms. The van der Waals surface area contributed by atoms with E-state index < -0.39 is 0 Å². The second kappa shape index (κ2) is 7.64. The van der Waals surface area contributed by atoms with E-state index in [1.54, 1.807) is 7.11 Å². The van der Waals surface area contributed by atoms with Crippen LogP contribution in [0.2, 0.25) is 0 Å². The van der Waals surface area contributed by atoms with Crippen molar-refractivity contribution < 1.29 is 9.53 Å². The van der Waals surface area contributed by atoms with Gasteiger partial charge in [0.05, 0.1) is 7.11 Å². The van der Waals surface area contributed by atoms with E-state index >= 15 is 0 Å². The first-order valence-electron chi connectivity index (χ1n) is 7.63. The molecular weight excluding hydrogens is 274 g/mol. The molecular formula is C19H23NO2. The van der Waals surface area contributed by atoms with Gasteiger partial charge >= 0.3 is 0 Å². The molecule has 0 aromatic heterocycles. The molecule has 0 aliphatic carbocycles. The molecule has 2 aromatic carbocycles. The van der Waals surface area contributed by atoms with Gasteiger partial charge in [-0.25, -0.2) is 0 Å². The summed E-state index contributed by atoms with van der Waals surface area (Å²) in [6, 6.07) is 15.9. The van der Waals surface area contributed by atoms with Crippen LogP contribution in [0.1, 0.15) is 28.4 Å². The zero-order valence-corrected chi connectivity index (χ0v) is 13.5. The van der Waals surface area contributed by atoms with E-state index in [1.165, 1.54) is 5.56 Å². The molecule has 0 aliphatic rings. The summed E-state index contributed by atoms with van der Waals surface area (Å²) in [5, 5.41) is 0. The highest BCUT2D eigenvalue weighted by atomic mass is 16.5. The van der Waals surface area contributed by atoms with Gasteiger partial charge in [-0.15, -0.1) is 0 Å². The Balaban J connectivity index is 2.08. The maximum atomic E-state index is 12.6. The molecule has 0 aliphatic heterocycles. The van der Waals surface area contributed by atoms with E-state index in [0.29, 0.717) is 12.1 Å². The predicted molar refractivity (Wildman–Crippen MR) is 89.5 cm³/mol. The molecule has 0 atom stereocenters. The summed E-state index contributed by atoms with van der Waals surface area (Å²) < 4.78 is 5.31. The van der Waals surface area contributed by atoms with Gasteiger partial charge in [0.1, 0.15) is 5.75 Å². The Labute approximate surface area is 132 Å². The fourth-order valence-corrected chi connectivity index (χ4v) is 2.45. The molecule has 0 N–H and O–H groups in total. The number of likely N-dealkylation sites (N-methyl/N-ethyl adjacent to an activating group) is 1. The quantitative estimate of drug-likeness (QED) is 0.813. The first-order chi connectivity index (χ1) is 10.7. The summed E-state index contributed by atoms with van der Waals surface area (Å²) in [5.41, 5.74) is 2.96. The fourth-order valence-electron chi connectivity index (χ4n) is 2.45. The Morgan fingerprint density at radius 2 is 1.86 bits per heavy atom. The lowest BCUT2D eigenvalue weighted by Crippen LogP contribution is -2.32. The third kappa shape index (κ3) is 3.88. The van der Waals surface area contributed by atoms with Crippen LogP contribution >= 0.6 is 0 Å². The Bertz CT molecular complexity index is 623. The van der Waals surface area contributed by atoms with E-state index in [4.69, 9.17) is 4.74 Å². The molecule has 0 fully saturated rings. The number of aryl methyl sites for hydroxylation is 1. The van der Waals surface area contributed by atoms with Crippen molar-refractivity contribution in [2.45, 2.75) is 20.3 Å². The number of amides is 1. The van der Waals surface area contributed by atoms with Gasteiger partial charge in [0.15, 0.2) is 0 Å². The Morgan fingerprint density at radius 1 is 1.14 bits per heavy atom. The lowest BCUT2D eigenvalue weighted by Gasteiger charge is -2.21. The molecule has 2 aromatic rings. The number of methoxy groups -OCH3 is 1. The third-order valence-electron chi connectivity index (χ3n) is 3.84. The maximum absolute atomic E-state index is 12.6. The molecule has 0 radical (unpaired) electrons. The van der Waals surface area contributed by atoms with E-state index in [2.05, 4.69) is 12.1 Å². The second-order valence-electron chi connectivity index (χ2n) is 5.30. The number of ether oxygens (including phenoxy) is 1.